The molecule has 4 aliphatic rings. The van der Waals surface area contributed by atoms with Crippen molar-refractivity contribution in [2.45, 2.75) is 173 Å². The number of carbonyl (C=O) groups is 2. The van der Waals surface area contributed by atoms with E-state index in [1.165, 1.54) is 37.2 Å². The second-order valence-electron chi connectivity index (χ2n) is 34.3. The van der Waals surface area contributed by atoms with Gasteiger partial charge in [0.05, 0.1) is 39.1 Å². The summed E-state index contributed by atoms with van der Waals surface area (Å²) in [5, 5.41) is 26.2. The molecular weight excluding hydrogens is 1730 g/mol. The number of amides is 2. The second-order valence-corrected chi connectivity index (χ2v) is 34.7. The predicted octanol–water partition coefficient (Wildman–Crippen LogP) is 21.5. The summed E-state index contributed by atoms with van der Waals surface area (Å²) in [5.41, 5.74) is 15.6. The molecule has 0 bridgehead atoms. The summed E-state index contributed by atoms with van der Waals surface area (Å²) in [5.74, 6) is 6.19. The largest absolute Gasteiger partial charge is 0.490 e. The molecule has 1 fully saturated rings. The number of benzene rings is 3. The maximum atomic E-state index is 12.6. The van der Waals surface area contributed by atoms with Gasteiger partial charge in [-0.05, 0) is 284 Å². The molecule has 0 saturated carbocycles. The highest BCUT2D eigenvalue weighted by atomic mass is 35.5. The fourth-order valence-corrected chi connectivity index (χ4v) is 14.7. The lowest BCUT2D eigenvalue weighted by Crippen LogP contribution is -2.41. The van der Waals surface area contributed by atoms with Crippen LogP contribution in [-0.4, -0.2) is 179 Å². The van der Waals surface area contributed by atoms with E-state index < -0.39 is 11.2 Å². The smallest absolute Gasteiger partial charge is 0.457 e. The van der Waals surface area contributed by atoms with Crippen molar-refractivity contribution in [2.75, 3.05) is 55.2 Å². The number of carbonyl (C=O) groups excluding carboxylic acids is 2. The number of aryl methyl sites for hydroxylation is 3. The van der Waals surface area contributed by atoms with E-state index in [1.54, 1.807) is 41.9 Å². The Morgan fingerprint density at radius 1 is 0.436 bits per heavy atom. The van der Waals surface area contributed by atoms with E-state index in [9.17, 15) is 9.59 Å². The first-order valence-electron chi connectivity index (χ1n) is 42.7. The van der Waals surface area contributed by atoms with Gasteiger partial charge in [-0.1, -0.05) is 52.1 Å². The number of aromatic nitrogens is 18. The zero-order valence-corrected chi connectivity index (χ0v) is 76.1. The predicted molar refractivity (Wildman–Crippen MR) is 523 cm³/mol. The zero-order chi connectivity index (χ0) is 90.1. The first kappa shape index (κ1) is 98.1. The minimum Gasteiger partial charge on any atom is -0.457 e. The van der Waals surface area contributed by atoms with Crippen LogP contribution in [-0.2, 0) is 18.8 Å². The van der Waals surface area contributed by atoms with E-state index in [1.807, 2.05) is 196 Å². The first-order chi connectivity index (χ1) is 62.0. The average molecular weight is 1840 g/mol. The van der Waals surface area contributed by atoms with Crippen LogP contribution in [0.15, 0.2) is 208 Å². The Bertz CT molecular complexity index is 6740. The number of nitrogens with zero attached hydrogens (tertiary/aromatic N) is 20. The normalized spacial score (nSPS) is 14.7. The minimum atomic E-state index is -0.525. The third-order valence-electron chi connectivity index (χ3n) is 21.9. The van der Waals surface area contributed by atoms with Crippen molar-refractivity contribution >= 4 is 139 Å². The number of rotatable bonds is 15. The molecule has 36 heteroatoms. The molecule has 12 aromatic heterocycles. The molecule has 2 amide bonds. The topological polar surface area (TPSA) is 360 Å². The van der Waals surface area contributed by atoms with Crippen LogP contribution < -0.4 is 35.5 Å². The number of hydrogen-bond acceptors (Lipinski definition) is 28. The van der Waals surface area contributed by atoms with Gasteiger partial charge in [0.1, 0.15) is 105 Å². The number of anilines is 6. The van der Waals surface area contributed by atoms with E-state index in [2.05, 4.69) is 132 Å². The Hall–Kier alpha value is -13.9. The second kappa shape index (κ2) is 42.5. The summed E-state index contributed by atoms with van der Waals surface area (Å²) >= 11 is 6.02. The van der Waals surface area contributed by atoms with Gasteiger partial charge in [0.2, 0.25) is 0 Å². The van der Waals surface area contributed by atoms with Crippen LogP contribution in [0.3, 0.4) is 0 Å². The van der Waals surface area contributed by atoms with Gasteiger partial charge in [-0.25, -0.2) is 82.9 Å². The van der Waals surface area contributed by atoms with Crippen LogP contribution in [0.2, 0.25) is 5.15 Å². The average Bonchev–Trinajstić information content (AvgIpc) is 1.62. The lowest BCUT2D eigenvalue weighted by molar-refractivity contribution is 0.00578. The van der Waals surface area contributed by atoms with Crippen LogP contribution in [0.25, 0.3) is 61.2 Å². The molecule has 16 heterocycles. The van der Waals surface area contributed by atoms with Crippen LogP contribution in [0.4, 0.5) is 44.1 Å². The Morgan fingerprint density at radius 3 is 1.23 bits per heavy atom. The van der Waals surface area contributed by atoms with Crippen LogP contribution in [0.1, 0.15) is 158 Å². The van der Waals surface area contributed by atoms with Crippen LogP contribution in [0.5, 0.6) is 34.5 Å². The maximum absolute atomic E-state index is 12.6. The molecule has 15 aromatic rings. The summed E-state index contributed by atoms with van der Waals surface area (Å²) < 4.78 is 46.5. The van der Waals surface area contributed by atoms with Crippen molar-refractivity contribution in [3.8, 4) is 34.5 Å². The van der Waals surface area contributed by atoms with E-state index >= 15 is 0 Å². The van der Waals surface area contributed by atoms with Crippen molar-refractivity contribution in [2.24, 2.45) is 0 Å². The highest BCUT2D eigenvalue weighted by Crippen LogP contribution is 2.41. The third-order valence-corrected chi connectivity index (χ3v) is 22.1. The van der Waals surface area contributed by atoms with Crippen molar-refractivity contribution in [3.05, 3.63) is 241 Å². The maximum Gasteiger partial charge on any atom is 0.490 e. The molecule has 0 spiro atoms. The molecule has 4 aliphatic heterocycles. The van der Waals surface area contributed by atoms with Crippen molar-refractivity contribution in [3.63, 3.8) is 0 Å². The Balaban J connectivity index is 0.000000162. The van der Waals surface area contributed by atoms with Crippen LogP contribution in [0, 0.1) is 20.8 Å². The van der Waals surface area contributed by atoms with E-state index in [4.69, 9.17) is 54.6 Å². The third kappa shape index (κ3) is 24.5. The lowest BCUT2D eigenvalue weighted by atomic mass is 9.76. The SMILES string of the molecule is C.C.C.CC(C)(C)OC(=O)N1CCC=C(B2OC(C)(C)C(C)(C)O2)CC1.Cc1cc(Nc2ncnc3ccc(C4=CCCN(C(=O)OC(C)(C)C)CC4)nc23)ccc1Oc1ccn2ncnc2c1.Cc1cc(Nc2ncnc3ccc(C4=CCCNCC4)nc23)ccc1Oc1ccn2ncnc2c1.Cc1cc(Nc2ncnc3ccc(Cl)nc23)ccc1Oc1ccn2ncnc2c1.Cl. The fraction of sp³-hybridized carbons (Fsp3) is 0.330. The molecule has 19 rings (SSSR count). The van der Waals surface area contributed by atoms with Crippen molar-refractivity contribution < 1.29 is 42.6 Å². The van der Waals surface area contributed by atoms with Gasteiger partial charge in [0.25, 0.3) is 0 Å². The molecule has 3 aromatic carbocycles. The molecule has 692 valence electrons. The molecule has 0 aliphatic carbocycles. The lowest BCUT2D eigenvalue weighted by Gasteiger charge is -2.32. The first-order valence-corrected chi connectivity index (χ1v) is 43.0. The fourth-order valence-electron chi connectivity index (χ4n) is 14.6. The highest BCUT2D eigenvalue weighted by molar-refractivity contribution is 6.54. The molecule has 0 unspecified atom stereocenters. The van der Waals surface area contributed by atoms with Gasteiger partial charge < -0.3 is 64.1 Å². The summed E-state index contributed by atoms with van der Waals surface area (Å²) in [6.07, 6.45) is 25.5. The summed E-state index contributed by atoms with van der Waals surface area (Å²) in [4.78, 5) is 81.5. The van der Waals surface area contributed by atoms with Crippen molar-refractivity contribution in [1.82, 2.24) is 104 Å². The van der Waals surface area contributed by atoms with Gasteiger partial charge in [-0.3, -0.25) is 0 Å². The minimum absolute atomic E-state index is 0. The molecule has 0 radical (unpaired) electrons. The highest BCUT2D eigenvalue weighted by Gasteiger charge is 2.52. The number of ether oxygens (including phenoxy) is 5. The van der Waals surface area contributed by atoms with Gasteiger partial charge in [0.15, 0.2) is 34.4 Å². The summed E-state index contributed by atoms with van der Waals surface area (Å²) in [7, 11) is -0.321. The molecule has 4 N–H and O–H groups in total. The number of hydrogen-bond donors (Lipinski definition) is 4. The Morgan fingerprint density at radius 2 is 0.820 bits per heavy atom. The van der Waals surface area contributed by atoms with Gasteiger partial charge in [-0.15, -0.1) is 12.4 Å². The quantitative estimate of drug-likeness (QED) is 0.0547. The number of halogens is 2. The molecule has 133 heavy (non-hydrogen) atoms. The Kier molecular flexibility index (Phi) is 31.4. The summed E-state index contributed by atoms with van der Waals surface area (Å²) in [6, 6.07) is 40.2. The molecule has 33 nitrogen and oxygen atoms in total. The summed E-state index contributed by atoms with van der Waals surface area (Å²) in [6.45, 7) is 29.9. The van der Waals surface area contributed by atoms with Crippen molar-refractivity contribution in [1.29, 1.82) is 0 Å². The Labute approximate surface area is 784 Å². The monoisotopic (exact) mass is 1840 g/mol. The molecular formula is C97H113BCl2N24O9. The molecule has 1 saturated heterocycles. The van der Waals surface area contributed by atoms with Crippen LogP contribution >= 0.6 is 24.0 Å². The van der Waals surface area contributed by atoms with Gasteiger partial charge >= 0.3 is 19.3 Å². The van der Waals surface area contributed by atoms with Gasteiger partial charge in [0, 0.05) is 80.0 Å². The number of pyridine rings is 6. The van der Waals surface area contributed by atoms with Gasteiger partial charge in [-0.2, -0.15) is 15.3 Å². The van der Waals surface area contributed by atoms with E-state index in [-0.39, 0.29) is 65.2 Å². The molecule has 0 atom stereocenters. The van der Waals surface area contributed by atoms with E-state index in [0.29, 0.717) is 94.7 Å². The standard InChI is InChI=1S/C31H32N8O3.C26H24N8O.C20H14ClN7O.C17H30BNO4.3CH4.ClH/c1-20-16-22(7-10-26(20)41-23-12-15-39-27(17-23)33-19-35-39)36-29-28-25(32-18-34-29)9-8-24(37-28)21-6-5-13-38(14-11-21)30(40)42-31(2,3)4;1-17-13-19(4-7-23(17)35-20-9-12-34-24(14-20)29-16-31-34)32-26-25-22(28-15-30-26)6-5-21(33-25)18-3-2-10-27-11-8-18;1-12-8-13(26-20-19-15(22-10-24-20)3-5-17(21)27-19)2-4-16(12)29-14-6-7-28-18(9-14)23-11-25-28;1-15(2,3)21-14(20)19-11-8-9-13(10-12-19)18-22-16(4,5)17(6,7)23-18;;;;/h6-10,12,15-19H,5,11,13-14H2,1-4H3,(H,32,34,36);3-7,9,12-16,27H,2,8,10-11H2,1H3,(H,28,30,32);2-11H,1H3,(H,22,24,26);9H,8,10-12H2,1-7H3;3*1H4;1H. The zero-order valence-electron chi connectivity index (χ0n) is 74.5. The van der Waals surface area contributed by atoms with E-state index in [0.717, 1.165) is 146 Å². The number of nitrogens with one attached hydrogen (secondary N) is 4. The number of fused-ring (bicyclic) bond motifs is 6.